The molecule has 0 nitrogen and oxygen atoms in total. The summed E-state index contributed by atoms with van der Waals surface area (Å²) in [4.78, 5) is 0. The molecule has 0 unspecified atom stereocenters. The molecule has 0 aromatic heterocycles. The molecule has 0 saturated heterocycles. The number of hydrogen-bond acceptors (Lipinski definition) is 0. The van der Waals surface area contributed by atoms with Crippen molar-refractivity contribution in [2.45, 2.75) is 41.5 Å². The van der Waals surface area contributed by atoms with Crippen molar-refractivity contribution in [3.8, 4) is 0 Å². The summed E-state index contributed by atoms with van der Waals surface area (Å²) < 4.78 is 0. The summed E-state index contributed by atoms with van der Waals surface area (Å²) in [6, 6.07) is 0. The third-order valence-corrected chi connectivity index (χ3v) is 3.49. The number of rotatable bonds is 2. The first-order chi connectivity index (χ1) is 9.40. The van der Waals surface area contributed by atoms with E-state index >= 15 is 0 Å². The fourth-order valence-electron chi connectivity index (χ4n) is 1.90. The average Bonchev–Trinajstić information content (AvgIpc) is 2.40. The fraction of sp³-hybridized carbons (Fsp3) is 0.400. The Morgan fingerprint density at radius 1 is 0.522 bits per heavy atom. The molecule has 2 saturated carbocycles. The Morgan fingerprint density at radius 3 is 0.913 bits per heavy atom. The van der Waals surface area contributed by atoms with Crippen molar-refractivity contribution >= 4 is 0 Å². The summed E-state index contributed by atoms with van der Waals surface area (Å²) in [5, 5.41) is 0. The summed E-state index contributed by atoms with van der Waals surface area (Å²) in [5.74, 6) is 6.83. The van der Waals surface area contributed by atoms with Crippen LogP contribution in [0.5, 0.6) is 0 Å². The minimum absolute atomic E-state index is 0. The first-order valence-corrected chi connectivity index (χ1v) is 7.53. The van der Waals surface area contributed by atoms with Gasteiger partial charge in [0.2, 0.25) is 0 Å². The van der Waals surface area contributed by atoms with Gasteiger partial charge < -0.3 is 24.8 Å². The first-order valence-electron chi connectivity index (χ1n) is 7.53. The largest absolute Gasteiger partial charge is 4.00 e. The molecular formula is C20H28Cl2Ru+2. The van der Waals surface area contributed by atoms with Crippen LogP contribution in [0.15, 0.2) is 0 Å². The first kappa shape index (κ1) is 29.0. The minimum Gasteiger partial charge on any atom is -1.00 e. The van der Waals surface area contributed by atoms with Gasteiger partial charge in [-0.1, -0.05) is 41.5 Å². The van der Waals surface area contributed by atoms with Gasteiger partial charge in [0.05, 0.1) is 0 Å². The van der Waals surface area contributed by atoms with E-state index in [-0.39, 0.29) is 44.3 Å². The van der Waals surface area contributed by atoms with E-state index in [2.05, 4.69) is 92.9 Å². The topological polar surface area (TPSA) is 0 Å². The Labute approximate surface area is 172 Å². The summed E-state index contributed by atoms with van der Waals surface area (Å²) in [7, 11) is 0. The van der Waals surface area contributed by atoms with Gasteiger partial charge in [-0.2, -0.15) is 0 Å². The van der Waals surface area contributed by atoms with E-state index < -0.39 is 0 Å². The molecule has 0 spiro atoms. The summed E-state index contributed by atoms with van der Waals surface area (Å²) in [5.41, 5.74) is 0. The molecule has 2 rings (SSSR count). The third-order valence-electron chi connectivity index (χ3n) is 3.49. The fourth-order valence-corrected chi connectivity index (χ4v) is 1.90. The van der Waals surface area contributed by atoms with Gasteiger partial charge in [0.1, 0.15) is 0 Å². The molecule has 2 aliphatic rings. The Hall–Kier alpha value is 1.20. The second kappa shape index (κ2) is 15.5. The van der Waals surface area contributed by atoms with E-state index in [4.69, 9.17) is 0 Å². The van der Waals surface area contributed by atoms with Gasteiger partial charge in [-0.15, -0.1) is 0 Å². The molecule has 0 aromatic rings. The van der Waals surface area contributed by atoms with Crippen LogP contribution in [0.4, 0.5) is 0 Å². The van der Waals surface area contributed by atoms with Crippen molar-refractivity contribution < 1.29 is 44.3 Å². The maximum atomic E-state index is 2.21. The van der Waals surface area contributed by atoms with Crippen molar-refractivity contribution in [1.29, 1.82) is 0 Å². The van der Waals surface area contributed by atoms with Gasteiger partial charge >= 0.3 is 19.5 Å². The Kier molecular flexibility index (Phi) is 19.5. The zero-order valence-electron chi connectivity index (χ0n) is 14.9. The quantitative estimate of drug-likeness (QED) is 0.498. The molecule has 23 heavy (non-hydrogen) atoms. The molecule has 0 aliphatic heterocycles. The molecule has 128 valence electrons. The normalized spacial score (nSPS) is 20.9. The van der Waals surface area contributed by atoms with Crippen LogP contribution in [-0.4, -0.2) is 0 Å². The van der Waals surface area contributed by atoms with E-state index in [1.165, 1.54) is 23.7 Å². The number of hydrogen-bond donors (Lipinski definition) is 0. The standard InChI is InChI=1S/2C10H14.2ClH.Ru/c2*1-8(2)10-6-4-9(3)5-7-10;;;/h2*4-8H,1-3H3;2*1H;/q;;;;+4/p-2. The summed E-state index contributed by atoms with van der Waals surface area (Å²) in [6.45, 7) is 13.1. The summed E-state index contributed by atoms with van der Waals surface area (Å²) >= 11 is 0. The zero-order valence-corrected chi connectivity index (χ0v) is 18.1. The maximum Gasteiger partial charge on any atom is 4.00 e. The Balaban J connectivity index is -0.000000308. The van der Waals surface area contributed by atoms with E-state index in [0.717, 1.165) is 0 Å². The van der Waals surface area contributed by atoms with E-state index in [1.807, 2.05) is 0 Å². The predicted octanol–water partition coefficient (Wildman–Crippen LogP) is -0.710. The second-order valence-electron chi connectivity index (χ2n) is 6.13. The number of halogens is 2. The molecule has 2 aliphatic carbocycles. The Morgan fingerprint density at radius 2 is 0.739 bits per heavy atom. The van der Waals surface area contributed by atoms with Crippen molar-refractivity contribution in [3.05, 3.63) is 75.0 Å². The van der Waals surface area contributed by atoms with Gasteiger partial charge in [0.15, 0.2) is 0 Å². The molecule has 3 heteroatoms. The second-order valence-corrected chi connectivity index (χ2v) is 6.13. The van der Waals surface area contributed by atoms with Gasteiger partial charge in [0.25, 0.3) is 0 Å². The molecule has 0 bridgehead atoms. The summed E-state index contributed by atoms with van der Waals surface area (Å²) in [6.07, 6.45) is 17.4. The van der Waals surface area contributed by atoms with Crippen molar-refractivity contribution in [3.63, 3.8) is 0 Å². The van der Waals surface area contributed by atoms with Gasteiger partial charge in [0, 0.05) is 0 Å². The van der Waals surface area contributed by atoms with Crippen LogP contribution >= 0.6 is 0 Å². The average molecular weight is 440 g/mol. The zero-order chi connectivity index (χ0) is 15.1. The molecule has 12 radical (unpaired) electrons. The maximum absolute atomic E-state index is 2.21. The molecule has 0 heterocycles. The van der Waals surface area contributed by atoms with Crippen LogP contribution in [0, 0.1) is 86.9 Å². The monoisotopic (exact) mass is 440 g/mol. The van der Waals surface area contributed by atoms with Gasteiger partial charge in [-0.25, -0.2) is 0 Å². The van der Waals surface area contributed by atoms with Crippen molar-refractivity contribution in [2.24, 2.45) is 11.8 Å². The van der Waals surface area contributed by atoms with Crippen LogP contribution < -0.4 is 24.8 Å². The predicted molar refractivity (Wildman–Crippen MR) is 88.4 cm³/mol. The van der Waals surface area contributed by atoms with Crippen LogP contribution in [0.25, 0.3) is 0 Å². The molecule has 0 aromatic carbocycles. The van der Waals surface area contributed by atoms with E-state index in [1.54, 1.807) is 0 Å². The van der Waals surface area contributed by atoms with Gasteiger partial charge in [-0.05, 0) is 86.9 Å². The minimum atomic E-state index is 0. The van der Waals surface area contributed by atoms with E-state index in [0.29, 0.717) is 11.8 Å². The third kappa shape index (κ3) is 12.2. The molecular weight excluding hydrogens is 412 g/mol. The van der Waals surface area contributed by atoms with Crippen LogP contribution in [0.1, 0.15) is 41.5 Å². The molecule has 2 fully saturated rings. The molecule has 0 amide bonds. The van der Waals surface area contributed by atoms with Crippen molar-refractivity contribution in [1.82, 2.24) is 0 Å². The van der Waals surface area contributed by atoms with Crippen LogP contribution in [0.3, 0.4) is 0 Å². The Bertz CT molecular complexity index is 214. The molecule has 0 N–H and O–H groups in total. The smallest absolute Gasteiger partial charge is 1.00 e. The van der Waals surface area contributed by atoms with Gasteiger partial charge in [-0.3, -0.25) is 0 Å². The van der Waals surface area contributed by atoms with Crippen LogP contribution in [-0.2, 0) is 19.5 Å². The SMILES string of the molecule is C[C]1[CH][CH][C](C(C)C)[CH][CH]1.C[C]1[CH][CH][C](C(C)C)[CH][CH]1.[Cl-].[Cl-].[Ru+4]. The van der Waals surface area contributed by atoms with Crippen LogP contribution in [0.2, 0.25) is 0 Å². The van der Waals surface area contributed by atoms with Crippen molar-refractivity contribution in [2.75, 3.05) is 0 Å². The van der Waals surface area contributed by atoms with E-state index in [9.17, 15) is 0 Å². The molecule has 0 atom stereocenters.